The lowest BCUT2D eigenvalue weighted by molar-refractivity contribution is 0.102. The molecular formula is C19H21N5O2S. The minimum atomic E-state index is -0.256. The molecule has 0 unspecified atom stereocenters. The SMILES string of the molecule is COc1ccc(-n2ccc(C(=O)Nc3ncc(C4CCNCC4)s3)n2)cc1. The fourth-order valence-corrected chi connectivity index (χ4v) is 4.10. The van der Waals surface area contributed by atoms with Gasteiger partial charge in [-0.2, -0.15) is 5.10 Å². The molecule has 1 aliphatic heterocycles. The molecule has 1 saturated heterocycles. The zero-order chi connectivity index (χ0) is 18.6. The minimum absolute atomic E-state index is 0.256. The highest BCUT2D eigenvalue weighted by Crippen LogP contribution is 2.31. The van der Waals surface area contributed by atoms with Gasteiger partial charge in [0.1, 0.15) is 5.75 Å². The number of piperidine rings is 1. The number of nitrogens with one attached hydrogen (secondary N) is 2. The fourth-order valence-electron chi connectivity index (χ4n) is 3.12. The number of hydrogen-bond donors (Lipinski definition) is 2. The summed E-state index contributed by atoms with van der Waals surface area (Å²) in [5.74, 6) is 1.05. The molecule has 0 radical (unpaired) electrons. The highest BCUT2D eigenvalue weighted by atomic mass is 32.1. The summed E-state index contributed by atoms with van der Waals surface area (Å²) in [6.07, 6.45) is 5.87. The van der Waals surface area contributed by atoms with Crippen LogP contribution in [0.5, 0.6) is 5.75 Å². The largest absolute Gasteiger partial charge is 0.497 e. The predicted octanol–water partition coefficient (Wildman–Crippen LogP) is 3.06. The molecule has 2 N–H and O–H groups in total. The van der Waals surface area contributed by atoms with Crippen LogP contribution in [-0.4, -0.2) is 40.9 Å². The van der Waals surface area contributed by atoms with Gasteiger partial charge in [0.25, 0.3) is 5.91 Å². The molecule has 8 heteroatoms. The van der Waals surface area contributed by atoms with Crippen molar-refractivity contribution in [2.45, 2.75) is 18.8 Å². The summed E-state index contributed by atoms with van der Waals surface area (Å²) in [5.41, 5.74) is 1.21. The molecule has 0 spiro atoms. The van der Waals surface area contributed by atoms with Crippen molar-refractivity contribution in [3.05, 3.63) is 53.3 Å². The fraction of sp³-hybridized carbons (Fsp3) is 0.316. The molecule has 7 nitrogen and oxygen atoms in total. The number of ether oxygens (including phenoxy) is 1. The Morgan fingerprint density at radius 1 is 1.26 bits per heavy atom. The summed E-state index contributed by atoms with van der Waals surface area (Å²) in [7, 11) is 1.63. The van der Waals surface area contributed by atoms with Crippen molar-refractivity contribution in [3.63, 3.8) is 0 Å². The first kappa shape index (κ1) is 17.7. The quantitative estimate of drug-likeness (QED) is 0.708. The Labute approximate surface area is 161 Å². The second kappa shape index (κ2) is 7.89. The van der Waals surface area contributed by atoms with Crippen LogP contribution < -0.4 is 15.4 Å². The average Bonchev–Trinajstić information content (AvgIpc) is 3.39. The number of amides is 1. The zero-order valence-corrected chi connectivity index (χ0v) is 15.8. The number of nitrogens with zero attached hydrogens (tertiary/aromatic N) is 3. The molecule has 140 valence electrons. The Hall–Kier alpha value is -2.71. The molecule has 1 aliphatic rings. The topological polar surface area (TPSA) is 81.1 Å². The van der Waals surface area contributed by atoms with Crippen molar-refractivity contribution in [2.75, 3.05) is 25.5 Å². The van der Waals surface area contributed by atoms with E-state index in [-0.39, 0.29) is 5.91 Å². The third-order valence-corrected chi connectivity index (χ3v) is 5.72. The van der Waals surface area contributed by atoms with Crippen LogP contribution in [0.3, 0.4) is 0 Å². The van der Waals surface area contributed by atoms with Crippen LogP contribution in [-0.2, 0) is 0 Å². The van der Waals surface area contributed by atoms with Crippen molar-refractivity contribution >= 4 is 22.4 Å². The molecule has 0 atom stereocenters. The molecule has 1 fully saturated rings. The molecule has 4 rings (SSSR count). The number of aromatic nitrogens is 3. The first-order valence-electron chi connectivity index (χ1n) is 8.91. The van der Waals surface area contributed by atoms with Crippen molar-refractivity contribution < 1.29 is 9.53 Å². The van der Waals surface area contributed by atoms with E-state index in [0.29, 0.717) is 16.7 Å². The molecule has 3 heterocycles. The van der Waals surface area contributed by atoms with Crippen LogP contribution in [0.2, 0.25) is 0 Å². The zero-order valence-electron chi connectivity index (χ0n) is 15.0. The van der Waals surface area contributed by atoms with E-state index in [1.165, 1.54) is 4.88 Å². The number of carbonyl (C=O) groups excluding carboxylic acids is 1. The number of anilines is 1. The van der Waals surface area contributed by atoms with E-state index in [0.717, 1.165) is 37.4 Å². The van der Waals surface area contributed by atoms with E-state index < -0.39 is 0 Å². The van der Waals surface area contributed by atoms with Gasteiger partial charge in [0.05, 0.1) is 12.8 Å². The molecule has 2 aromatic heterocycles. The van der Waals surface area contributed by atoms with Crippen LogP contribution in [0, 0.1) is 0 Å². The van der Waals surface area contributed by atoms with Crippen LogP contribution in [0.1, 0.15) is 34.1 Å². The molecule has 0 aliphatic carbocycles. The van der Waals surface area contributed by atoms with Crippen LogP contribution in [0.25, 0.3) is 5.69 Å². The molecule has 3 aromatic rings. The number of rotatable bonds is 5. The summed E-state index contributed by atoms with van der Waals surface area (Å²) in [6, 6.07) is 9.18. The van der Waals surface area contributed by atoms with Gasteiger partial charge < -0.3 is 10.1 Å². The Bertz CT molecular complexity index is 912. The maximum Gasteiger partial charge on any atom is 0.277 e. The third-order valence-electron chi connectivity index (χ3n) is 4.64. The lowest BCUT2D eigenvalue weighted by atomic mass is 9.97. The highest BCUT2D eigenvalue weighted by Gasteiger charge is 2.19. The summed E-state index contributed by atoms with van der Waals surface area (Å²) in [6.45, 7) is 2.07. The van der Waals surface area contributed by atoms with Gasteiger partial charge in [-0.15, -0.1) is 11.3 Å². The van der Waals surface area contributed by atoms with Gasteiger partial charge in [-0.25, -0.2) is 9.67 Å². The van der Waals surface area contributed by atoms with Gasteiger partial charge in [-0.1, -0.05) is 0 Å². The highest BCUT2D eigenvalue weighted by molar-refractivity contribution is 7.15. The summed E-state index contributed by atoms with van der Waals surface area (Å²) in [5, 5.41) is 11.2. The van der Waals surface area contributed by atoms with E-state index in [1.54, 1.807) is 35.4 Å². The third kappa shape index (κ3) is 4.01. The second-order valence-electron chi connectivity index (χ2n) is 6.39. The molecular weight excluding hydrogens is 362 g/mol. The summed E-state index contributed by atoms with van der Waals surface area (Å²) >= 11 is 1.55. The summed E-state index contributed by atoms with van der Waals surface area (Å²) in [4.78, 5) is 18.1. The maximum atomic E-state index is 12.5. The number of methoxy groups -OCH3 is 1. The Balaban J connectivity index is 1.42. The Kier molecular flexibility index (Phi) is 5.17. The van der Waals surface area contributed by atoms with Crippen molar-refractivity contribution in [1.29, 1.82) is 0 Å². The van der Waals surface area contributed by atoms with E-state index in [1.807, 2.05) is 30.5 Å². The van der Waals surface area contributed by atoms with E-state index >= 15 is 0 Å². The molecule has 27 heavy (non-hydrogen) atoms. The molecule has 1 amide bonds. The number of benzene rings is 1. The van der Waals surface area contributed by atoms with E-state index in [2.05, 4.69) is 20.7 Å². The van der Waals surface area contributed by atoms with Crippen molar-refractivity contribution in [1.82, 2.24) is 20.1 Å². The van der Waals surface area contributed by atoms with Crippen molar-refractivity contribution in [3.8, 4) is 11.4 Å². The predicted molar refractivity (Wildman–Crippen MR) is 105 cm³/mol. The lowest BCUT2D eigenvalue weighted by Gasteiger charge is -2.20. The first-order valence-corrected chi connectivity index (χ1v) is 9.72. The second-order valence-corrected chi connectivity index (χ2v) is 7.45. The first-order chi connectivity index (χ1) is 13.2. The smallest absolute Gasteiger partial charge is 0.277 e. The van der Waals surface area contributed by atoms with Crippen LogP contribution in [0.4, 0.5) is 5.13 Å². The van der Waals surface area contributed by atoms with Gasteiger partial charge in [-0.3, -0.25) is 10.1 Å². The molecule has 0 saturated carbocycles. The lowest BCUT2D eigenvalue weighted by Crippen LogP contribution is -2.26. The van der Waals surface area contributed by atoms with Crippen LogP contribution >= 0.6 is 11.3 Å². The van der Waals surface area contributed by atoms with Gasteiger partial charge in [0, 0.05) is 17.3 Å². The van der Waals surface area contributed by atoms with E-state index in [9.17, 15) is 4.79 Å². The monoisotopic (exact) mass is 383 g/mol. The standard InChI is InChI=1S/C19H21N5O2S/c1-26-15-4-2-14(3-5-15)24-11-8-16(23-24)18(25)22-19-21-12-17(27-19)13-6-9-20-10-7-13/h2-5,8,11-13,20H,6-7,9-10H2,1H3,(H,21,22,25). The summed E-state index contributed by atoms with van der Waals surface area (Å²) < 4.78 is 6.82. The molecule has 1 aromatic carbocycles. The van der Waals surface area contributed by atoms with E-state index in [4.69, 9.17) is 4.74 Å². The maximum absolute atomic E-state index is 12.5. The van der Waals surface area contributed by atoms with Crippen molar-refractivity contribution in [2.24, 2.45) is 0 Å². The minimum Gasteiger partial charge on any atom is -0.497 e. The number of hydrogen-bond acceptors (Lipinski definition) is 6. The normalized spacial score (nSPS) is 14.9. The van der Waals surface area contributed by atoms with Gasteiger partial charge in [-0.05, 0) is 62.2 Å². The molecule has 0 bridgehead atoms. The van der Waals surface area contributed by atoms with Gasteiger partial charge in [0.15, 0.2) is 10.8 Å². The Morgan fingerprint density at radius 3 is 2.78 bits per heavy atom. The Morgan fingerprint density at radius 2 is 2.04 bits per heavy atom. The van der Waals surface area contributed by atoms with Crippen LogP contribution in [0.15, 0.2) is 42.7 Å². The van der Waals surface area contributed by atoms with Gasteiger partial charge in [0.2, 0.25) is 0 Å². The average molecular weight is 383 g/mol. The number of thiazole rings is 1. The van der Waals surface area contributed by atoms with Gasteiger partial charge >= 0.3 is 0 Å². The number of carbonyl (C=O) groups is 1.